The molecular formula is C20H23ClN4O3S. The largest absolute Gasteiger partial charge is 0.353 e. The number of hydrogen-bond acceptors (Lipinski definition) is 5. The number of piperazine rings is 1. The van der Waals surface area contributed by atoms with E-state index in [9.17, 15) is 13.2 Å². The maximum atomic E-state index is 13.0. The molecule has 1 aromatic heterocycles. The Hall–Kier alpha value is -2.16. The number of sulfonamides is 1. The predicted octanol–water partition coefficient (Wildman–Crippen LogP) is 2.48. The second-order valence-corrected chi connectivity index (χ2v) is 9.63. The Morgan fingerprint density at radius 1 is 0.966 bits per heavy atom. The molecule has 0 spiro atoms. The Bertz CT molecular complexity index is 983. The van der Waals surface area contributed by atoms with Crippen LogP contribution in [0.1, 0.15) is 23.2 Å². The van der Waals surface area contributed by atoms with E-state index >= 15 is 0 Å². The van der Waals surface area contributed by atoms with Crippen LogP contribution in [0.3, 0.4) is 0 Å². The third kappa shape index (κ3) is 4.24. The topological polar surface area (TPSA) is 73.8 Å². The molecule has 0 saturated carbocycles. The van der Waals surface area contributed by atoms with Crippen LogP contribution in [0.15, 0.2) is 47.5 Å². The van der Waals surface area contributed by atoms with E-state index in [1.807, 2.05) is 6.07 Å². The first kappa shape index (κ1) is 20.1. The number of benzene rings is 1. The quantitative estimate of drug-likeness (QED) is 0.739. The van der Waals surface area contributed by atoms with E-state index in [2.05, 4.69) is 9.88 Å². The summed E-state index contributed by atoms with van der Waals surface area (Å²) in [4.78, 5) is 21.3. The van der Waals surface area contributed by atoms with Crippen LogP contribution in [-0.4, -0.2) is 67.8 Å². The normalized spacial score (nSPS) is 18.2. The van der Waals surface area contributed by atoms with Crippen molar-refractivity contribution in [3.63, 3.8) is 0 Å². The zero-order valence-electron chi connectivity index (χ0n) is 16.0. The van der Waals surface area contributed by atoms with E-state index in [0.29, 0.717) is 49.9 Å². The molecule has 0 bridgehead atoms. The van der Waals surface area contributed by atoms with Crippen LogP contribution in [0.25, 0.3) is 0 Å². The minimum Gasteiger partial charge on any atom is -0.353 e. The summed E-state index contributed by atoms with van der Waals surface area (Å²) in [7, 11) is -3.54. The van der Waals surface area contributed by atoms with Crippen LogP contribution < -0.4 is 4.90 Å². The molecule has 1 amide bonds. The first-order valence-electron chi connectivity index (χ1n) is 9.71. The summed E-state index contributed by atoms with van der Waals surface area (Å²) in [5.41, 5.74) is 0.406. The number of rotatable bonds is 4. The van der Waals surface area contributed by atoms with Crippen molar-refractivity contribution in [3.8, 4) is 0 Å². The third-order valence-corrected chi connectivity index (χ3v) is 7.50. The predicted molar refractivity (Wildman–Crippen MR) is 112 cm³/mol. The van der Waals surface area contributed by atoms with Crippen LogP contribution in [0, 0.1) is 0 Å². The van der Waals surface area contributed by atoms with Gasteiger partial charge in [0.15, 0.2) is 0 Å². The van der Waals surface area contributed by atoms with E-state index in [4.69, 9.17) is 11.6 Å². The number of carbonyl (C=O) groups is 1. The minimum absolute atomic E-state index is 0.146. The second kappa shape index (κ2) is 8.30. The number of amides is 1. The van der Waals surface area contributed by atoms with Gasteiger partial charge < -0.3 is 9.80 Å². The zero-order valence-corrected chi connectivity index (χ0v) is 17.6. The van der Waals surface area contributed by atoms with Gasteiger partial charge in [-0.15, -0.1) is 0 Å². The lowest BCUT2D eigenvalue weighted by atomic mass is 10.2. The Morgan fingerprint density at radius 3 is 2.34 bits per heavy atom. The molecule has 4 rings (SSSR count). The summed E-state index contributed by atoms with van der Waals surface area (Å²) >= 11 is 5.89. The average Bonchev–Trinajstić information content (AvgIpc) is 3.30. The first-order chi connectivity index (χ1) is 13.9. The van der Waals surface area contributed by atoms with Gasteiger partial charge in [0.25, 0.3) is 5.91 Å². The zero-order chi connectivity index (χ0) is 20.4. The molecule has 7 nitrogen and oxygen atoms in total. The van der Waals surface area contributed by atoms with Crippen molar-refractivity contribution < 1.29 is 13.2 Å². The van der Waals surface area contributed by atoms with Crippen molar-refractivity contribution in [1.29, 1.82) is 0 Å². The van der Waals surface area contributed by atoms with Gasteiger partial charge in [-0.25, -0.2) is 13.4 Å². The van der Waals surface area contributed by atoms with Gasteiger partial charge in [0.1, 0.15) is 5.82 Å². The number of aromatic nitrogens is 1. The number of nitrogens with zero attached hydrogens (tertiary/aromatic N) is 4. The van der Waals surface area contributed by atoms with Gasteiger partial charge in [0.2, 0.25) is 10.0 Å². The van der Waals surface area contributed by atoms with Crippen LogP contribution in [0.5, 0.6) is 0 Å². The van der Waals surface area contributed by atoms with Crippen LogP contribution in [0.4, 0.5) is 5.82 Å². The highest BCUT2D eigenvalue weighted by molar-refractivity contribution is 7.89. The Balaban J connectivity index is 1.44. The van der Waals surface area contributed by atoms with Gasteiger partial charge >= 0.3 is 0 Å². The van der Waals surface area contributed by atoms with Crippen molar-refractivity contribution in [2.45, 2.75) is 17.7 Å². The summed E-state index contributed by atoms with van der Waals surface area (Å²) in [6, 6.07) is 10.1. The molecule has 0 unspecified atom stereocenters. The molecule has 2 aliphatic heterocycles. The monoisotopic (exact) mass is 434 g/mol. The molecule has 2 fully saturated rings. The van der Waals surface area contributed by atoms with Gasteiger partial charge in [0.05, 0.1) is 9.92 Å². The lowest BCUT2D eigenvalue weighted by molar-refractivity contribution is 0.0746. The summed E-state index contributed by atoms with van der Waals surface area (Å²) in [5, 5.41) is 0.589. The number of anilines is 1. The van der Waals surface area contributed by atoms with Crippen molar-refractivity contribution in [1.82, 2.24) is 14.2 Å². The molecule has 0 aliphatic carbocycles. The molecule has 0 N–H and O–H groups in total. The van der Waals surface area contributed by atoms with Gasteiger partial charge in [-0.2, -0.15) is 4.31 Å². The SMILES string of the molecule is O=C(c1cccc(S(=O)(=O)N2CCCC2)c1)N1CCN(c2ccc(Cl)cn2)CC1. The fraction of sp³-hybridized carbons (Fsp3) is 0.400. The molecule has 2 aliphatic rings. The van der Waals surface area contributed by atoms with E-state index in [1.54, 1.807) is 35.4 Å². The Labute approximate surface area is 175 Å². The lowest BCUT2D eigenvalue weighted by Gasteiger charge is -2.35. The van der Waals surface area contributed by atoms with Crippen LogP contribution in [0.2, 0.25) is 5.02 Å². The molecule has 2 aromatic rings. The average molecular weight is 435 g/mol. The molecule has 29 heavy (non-hydrogen) atoms. The summed E-state index contributed by atoms with van der Waals surface area (Å²) in [5.74, 6) is 0.687. The number of pyridine rings is 1. The second-order valence-electron chi connectivity index (χ2n) is 7.25. The maximum absolute atomic E-state index is 13.0. The van der Waals surface area contributed by atoms with E-state index in [0.717, 1.165) is 18.7 Å². The highest BCUT2D eigenvalue weighted by Gasteiger charge is 2.29. The number of halogens is 1. The Morgan fingerprint density at radius 2 is 1.69 bits per heavy atom. The summed E-state index contributed by atoms with van der Waals surface area (Å²) < 4.78 is 27.1. The van der Waals surface area contributed by atoms with Gasteiger partial charge in [-0.3, -0.25) is 4.79 Å². The maximum Gasteiger partial charge on any atom is 0.254 e. The van der Waals surface area contributed by atoms with Crippen molar-refractivity contribution in [3.05, 3.63) is 53.2 Å². The molecule has 2 saturated heterocycles. The third-order valence-electron chi connectivity index (χ3n) is 5.39. The molecule has 0 radical (unpaired) electrons. The lowest BCUT2D eigenvalue weighted by Crippen LogP contribution is -2.49. The molecule has 9 heteroatoms. The number of hydrogen-bond donors (Lipinski definition) is 0. The number of carbonyl (C=O) groups excluding carboxylic acids is 1. The molecule has 154 valence electrons. The molecule has 0 atom stereocenters. The molecular weight excluding hydrogens is 412 g/mol. The van der Waals surface area contributed by atoms with Crippen molar-refractivity contribution >= 4 is 33.3 Å². The minimum atomic E-state index is -3.54. The summed E-state index contributed by atoms with van der Waals surface area (Å²) in [6.07, 6.45) is 3.37. The van der Waals surface area contributed by atoms with E-state index in [-0.39, 0.29) is 10.8 Å². The van der Waals surface area contributed by atoms with Gasteiger partial charge in [-0.1, -0.05) is 17.7 Å². The van der Waals surface area contributed by atoms with Gasteiger partial charge in [-0.05, 0) is 43.2 Å². The van der Waals surface area contributed by atoms with Crippen molar-refractivity contribution in [2.75, 3.05) is 44.2 Å². The van der Waals surface area contributed by atoms with Gasteiger partial charge in [0, 0.05) is 51.0 Å². The molecule has 3 heterocycles. The fourth-order valence-corrected chi connectivity index (χ4v) is 5.42. The highest BCUT2D eigenvalue weighted by Crippen LogP contribution is 2.23. The highest BCUT2D eigenvalue weighted by atomic mass is 35.5. The van der Waals surface area contributed by atoms with Crippen molar-refractivity contribution in [2.24, 2.45) is 0 Å². The van der Waals surface area contributed by atoms with Crippen LogP contribution >= 0.6 is 11.6 Å². The Kier molecular flexibility index (Phi) is 5.76. The fourth-order valence-electron chi connectivity index (χ4n) is 3.74. The van der Waals surface area contributed by atoms with Crippen LogP contribution in [-0.2, 0) is 10.0 Å². The standard InChI is InChI=1S/C20H23ClN4O3S/c21-17-6-7-19(22-15-17)23-10-12-24(13-11-23)20(26)16-4-3-5-18(14-16)29(27,28)25-8-1-2-9-25/h3-7,14-15H,1-2,8-13H2. The smallest absolute Gasteiger partial charge is 0.254 e. The van der Waals surface area contributed by atoms with E-state index in [1.165, 1.54) is 10.4 Å². The first-order valence-corrected chi connectivity index (χ1v) is 11.5. The molecule has 1 aromatic carbocycles. The summed E-state index contributed by atoms with van der Waals surface area (Å²) in [6.45, 7) is 3.50. The van der Waals surface area contributed by atoms with E-state index < -0.39 is 10.0 Å².